The number of dihydropyridines is 1. The number of allylic oxidation sites excluding steroid dienone is 3. The van der Waals surface area contributed by atoms with Gasteiger partial charge in [-0.1, -0.05) is 80.4 Å². The Morgan fingerprint density at radius 2 is 1.86 bits per heavy atom. The van der Waals surface area contributed by atoms with Crippen LogP contribution in [0.4, 0.5) is 0 Å². The van der Waals surface area contributed by atoms with Gasteiger partial charge in [0.25, 0.3) is 0 Å². The molecule has 0 spiro atoms. The smallest absolute Gasteiger partial charge is 0.162 e. The zero-order valence-electron chi connectivity index (χ0n) is 21.3. The molecule has 2 aromatic carbocycles. The van der Waals surface area contributed by atoms with Gasteiger partial charge in [-0.15, -0.1) is 11.8 Å². The van der Waals surface area contributed by atoms with Crippen LogP contribution in [0.5, 0.6) is 0 Å². The predicted molar refractivity (Wildman–Crippen MR) is 152 cm³/mol. The fourth-order valence-corrected chi connectivity index (χ4v) is 6.22. The van der Waals surface area contributed by atoms with Crippen molar-refractivity contribution in [3.05, 3.63) is 91.1 Å². The largest absolute Gasteiger partial charge is 0.352 e. The van der Waals surface area contributed by atoms with E-state index in [1.807, 2.05) is 30.3 Å². The summed E-state index contributed by atoms with van der Waals surface area (Å²) in [4.78, 5) is 25.7. The monoisotopic (exact) mass is 552 g/mol. The Hall–Kier alpha value is -2.52. The highest BCUT2D eigenvalue weighted by molar-refractivity contribution is 8.03. The third-order valence-corrected chi connectivity index (χ3v) is 8.76. The molecule has 1 unspecified atom stereocenters. The Balaban J connectivity index is 1.50. The van der Waals surface area contributed by atoms with E-state index in [1.165, 1.54) is 17.3 Å². The van der Waals surface area contributed by atoms with Gasteiger partial charge in [0.2, 0.25) is 0 Å². The fraction of sp³-hybridized carbons (Fsp3) is 0.367. The van der Waals surface area contributed by atoms with E-state index < -0.39 is 5.92 Å². The van der Waals surface area contributed by atoms with Gasteiger partial charge in [-0.05, 0) is 47.6 Å². The minimum Gasteiger partial charge on any atom is -0.352 e. The van der Waals surface area contributed by atoms with Gasteiger partial charge in [0.05, 0.1) is 32.6 Å². The molecule has 0 amide bonds. The maximum atomic E-state index is 13.0. The molecule has 1 aliphatic carbocycles. The van der Waals surface area contributed by atoms with E-state index in [0.717, 1.165) is 29.1 Å². The molecule has 0 radical (unpaired) electrons. The molecular formula is C30H30Cl2N2O2S. The molecule has 0 fully saturated rings. The van der Waals surface area contributed by atoms with E-state index in [9.17, 15) is 14.9 Å². The Morgan fingerprint density at radius 3 is 2.54 bits per heavy atom. The van der Waals surface area contributed by atoms with Gasteiger partial charge in [0.1, 0.15) is 0 Å². The minimum atomic E-state index is -0.550. The van der Waals surface area contributed by atoms with Gasteiger partial charge in [0, 0.05) is 29.7 Å². The molecule has 2 aliphatic rings. The van der Waals surface area contributed by atoms with Crippen LogP contribution in [0.3, 0.4) is 0 Å². The number of hydrogen-bond acceptors (Lipinski definition) is 5. The summed E-state index contributed by atoms with van der Waals surface area (Å²) in [6.07, 6.45) is 3.05. The first-order chi connectivity index (χ1) is 17.6. The lowest BCUT2D eigenvalue weighted by atomic mass is 9.77. The number of benzene rings is 2. The zero-order valence-corrected chi connectivity index (χ0v) is 23.6. The first kappa shape index (κ1) is 27.5. The van der Waals surface area contributed by atoms with Crippen LogP contribution in [0.1, 0.15) is 80.3 Å². The molecule has 2 aromatic rings. The Kier molecular flexibility index (Phi) is 8.53. The highest BCUT2D eigenvalue weighted by atomic mass is 35.5. The van der Waals surface area contributed by atoms with Crippen molar-refractivity contribution >= 4 is 46.5 Å². The molecule has 0 bridgehead atoms. The van der Waals surface area contributed by atoms with E-state index in [2.05, 4.69) is 32.2 Å². The molecule has 0 saturated carbocycles. The maximum Gasteiger partial charge on any atom is 0.162 e. The van der Waals surface area contributed by atoms with E-state index in [0.29, 0.717) is 51.8 Å². The predicted octanol–water partition coefficient (Wildman–Crippen LogP) is 8.12. The van der Waals surface area contributed by atoms with Gasteiger partial charge < -0.3 is 5.32 Å². The number of rotatable bonds is 7. The summed E-state index contributed by atoms with van der Waals surface area (Å²) in [7, 11) is 0. The number of halogens is 2. The van der Waals surface area contributed by atoms with Crippen molar-refractivity contribution < 1.29 is 9.59 Å². The summed E-state index contributed by atoms with van der Waals surface area (Å²) in [5.41, 5.74) is 4.57. The summed E-state index contributed by atoms with van der Waals surface area (Å²) in [6.45, 7) is 6.45. The van der Waals surface area contributed by atoms with Crippen molar-refractivity contribution in [2.75, 3.05) is 5.75 Å². The zero-order chi connectivity index (χ0) is 26.7. The van der Waals surface area contributed by atoms with Crippen molar-refractivity contribution in [3.8, 4) is 6.07 Å². The van der Waals surface area contributed by atoms with Crippen LogP contribution in [-0.4, -0.2) is 17.3 Å². The number of carbonyl (C=O) groups is 2. The highest BCUT2D eigenvalue weighted by Crippen LogP contribution is 2.46. The summed E-state index contributed by atoms with van der Waals surface area (Å²) in [5.74, 6) is 0.255. The maximum absolute atomic E-state index is 13.0. The molecule has 4 nitrogen and oxygen atoms in total. The average molecular weight is 554 g/mol. The lowest BCUT2D eigenvalue weighted by Crippen LogP contribution is -2.31. The number of carbonyl (C=O) groups excluding carboxylic acids is 2. The first-order valence-corrected chi connectivity index (χ1v) is 14.2. The molecule has 7 heteroatoms. The fourth-order valence-electron chi connectivity index (χ4n) is 4.80. The lowest BCUT2D eigenvalue weighted by molar-refractivity contribution is -0.116. The van der Waals surface area contributed by atoms with Crippen LogP contribution in [0.15, 0.2) is 64.3 Å². The van der Waals surface area contributed by atoms with Crippen molar-refractivity contribution in [1.82, 2.24) is 5.32 Å². The SMILES string of the molecule is CC(C)(C)c1ccc(C(=O)CCCSC2=C(C#N)C(c3cccc(Cl)c3Cl)C3=C(CCCC3=O)N2)cc1. The van der Waals surface area contributed by atoms with Gasteiger partial charge in [0.15, 0.2) is 11.6 Å². The standard InChI is InChI=1S/C30H30Cl2N2O2S/c1-30(2,3)19-14-12-18(13-15-19)24(35)11-6-16-37-29-21(17-33)26(20-7-4-8-22(31)28(20)32)27-23(34-29)9-5-10-25(27)36/h4,7-8,12-15,26,34H,5-6,9-11,16H2,1-3H3. The minimum absolute atomic E-state index is 0.0367. The molecule has 192 valence electrons. The number of hydrogen-bond donors (Lipinski definition) is 1. The molecular weight excluding hydrogens is 523 g/mol. The Morgan fingerprint density at radius 1 is 1.14 bits per heavy atom. The third kappa shape index (κ3) is 5.98. The van der Waals surface area contributed by atoms with E-state index in [1.54, 1.807) is 12.1 Å². The topological polar surface area (TPSA) is 70.0 Å². The number of nitriles is 1. The van der Waals surface area contributed by atoms with Crippen molar-refractivity contribution in [2.45, 2.75) is 64.2 Å². The van der Waals surface area contributed by atoms with Crippen molar-refractivity contribution in [3.63, 3.8) is 0 Å². The van der Waals surface area contributed by atoms with Crippen LogP contribution >= 0.6 is 35.0 Å². The summed E-state index contributed by atoms with van der Waals surface area (Å²) in [6, 6.07) is 15.5. The summed E-state index contributed by atoms with van der Waals surface area (Å²) >= 11 is 14.4. The Bertz CT molecular complexity index is 1330. The van der Waals surface area contributed by atoms with E-state index in [-0.39, 0.29) is 17.0 Å². The first-order valence-electron chi connectivity index (χ1n) is 12.5. The van der Waals surface area contributed by atoms with Gasteiger partial charge >= 0.3 is 0 Å². The quantitative estimate of drug-likeness (QED) is 0.277. The van der Waals surface area contributed by atoms with Gasteiger partial charge in [-0.2, -0.15) is 5.26 Å². The number of nitrogens with one attached hydrogen (secondary N) is 1. The second kappa shape index (κ2) is 11.5. The van der Waals surface area contributed by atoms with Crippen molar-refractivity contribution in [1.29, 1.82) is 5.26 Å². The molecule has 4 rings (SSSR count). The van der Waals surface area contributed by atoms with Crippen LogP contribution in [0, 0.1) is 11.3 Å². The molecule has 1 atom stereocenters. The molecule has 1 aliphatic heterocycles. The Labute approximate surface area is 233 Å². The highest BCUT2D eigenvalue weighted by Gasteiger charge is 2.38. The lowest BCUT2D eigenvalue weighted by Gasteiger charge is -2.33. The average Bonchev–Trinajstić information content (AvgIpc) is 2.87. The number of ketones is 2. The second-order valence-corrected chi connectivity index (χ2v) is 12.3. The van der Waals surface area contributed by atoms with Gasteiger partial charge in [-0.3, -0.25) is 9.59 Å². The van der Waals surface area contributed by atoms with E-state index >= 15 is 0 Å². The molecule has 0 saturated heterocycles. The van der Waals surface area contributed by atoms with Crippen LogP contribution in [0.2, 0.25) is 10.0 Å². The van der Waals surface area contributed by atoms with E-state index in [4.69, 9.17) is 23.2 Å². The normalized spacial score (nSPS) is 17.8. The number of thioether (sulfide) groups is 1. The van der Waals surface area contributed by atoms with Crippen LogP contribution in [-0.2, 0) is 10.2 Å². The second-order valence-electron chi connectivity index (χ2n) is 10.4. The molecule has 1 heterocycles. The van der Waals surface area contributed by atoms with Crippen molar-refractivity contribution in [2.24, 2.45) is 0 Å². The summed E-state index contributed by atoms with van der Waals surface area (Å²) < 4.78 is 0. The summed E-state index contributed by atoms with van der Waals surface area (Å²) in [5, 5.41) is 15.0. The molecule has 0 aromatic heterocycles. The van der Waals surface area contributed by atoms with Crippen LogP contribution < -0.4 is 5.32 Å². The molecule has 37 heavy (non-hydrogen) atoms. The van der Waals surface area contributed by atoms with Gasteiger partial charge in [-0.25, -0.2) is 0 Å². The number of nitrogens with zero attached hydrogens (tertiary/aromatic N) is 1. The molecule has 1 N–H and O–H groups in total. The number of Topliss-reactive ketones (excluding diaryl/α,β-unsaturated/α-hetero) is 2. The third-order valence-electron chi connectivity index (χ3n) is 6.82. The van der Waals surface area contributed by atoms with Crippen LogP contribution in [0.25, 0.3) is 0 Å².